The van der Waals surface area contributed by atoms with Crippen molar-refractivity contribution in [2.45, 2.75) is 31.4 Å². The summed E-state index contributed by atoms with van der Waals surface area (Å²) < 4.78 is 11.6. The molecule has 2 aliphatic rings. The zero-order chi connectivity index (χ0) is 17.6. The van der Waals surface area contributed by atoms with Crippen molar-refractivity contribution in [1.82, 2.24) is 15.5 Å². The van der Waals surface area contributed by atoms with Crippen molar-refractivity contribution in [3.8, 4) is 11.5 Å². The lowest BCUT2D eigenvalue weighted by Gasteiger charge is -2.29. The SMILES string of the molecule is CN(CC(=O)N[C@@H]1CCCCNC1=O)C[C@@H]1COc2ccccc2O1. The van der Waals surface area contributed by atoms with E-state index in [0.717, 1.165) is 24.3 Å². The predicted molar refractivity (Wildman–Crippen MR) is 92.6 cm³/mol. The fourth-order valence-electron chi connectivity index (χ4n) is 3.13. The normalized spacial score (nSPS) is 22.9. The number of likely N-dealkylation sites (N-methyl/N-ethyl adjacent to an activating group) is 1. The number of nitrogens with zero attached hydrogens (tertiary/aromatic N) is 1. The number of ether oxygens (including phenoxy) is 2. The van der Waals surface area contributed by atoms with Gasteiger partial charge in [-0.1, -0.05) is 12.1 Å². The summed E-state index contributed by atoms with van der Waals surface area (Å²) in [5.41, 5.74) is 0. The minimum absolute atomic E-state index is 0.0888. The fourth-order valence-corrected chi connectivity index (χ4v) is 3.13. The van der Waals surface area contributed by atoms with Gasteiger partial charge in [0.15, 0.2) is 11.5 Å². The molecule has 25 heavy (non-hydrogen) atoms. The zero-order valence-corrected chi connectivity index (χ0v) is 14.5. The highest BCUT2D eigenvalue weighted by molar-refractivity contribution is 5.88. The Hall–Kier alpha value is -2.28. The Balaban J connectivity index is 1.45. The molecule has 0 spiro atoms. The molecule has 0 aromatic heterocycles. The van der Waals surface area contributed by atoms with Crippen molar-refractivity contribution in [3.63, 3.8) is 0 Å². The second-order valence-electron chi connectivity index (χ2n) is 6.60. The number of amides is 2. The number of benzene rings is 1. The summed E-state index contributed by atoms with van der Waals surface area (Å²) in [6.07, 6.45) is 2.45. The van der Waals surface area contributed by atoms with E-state index in [4.69, 9.17) is 9.47 Å². The second-order valence-corrected chi connectivity index (χ2v) is 6.60. The summed E-state index contributed by atoms with van der Waals surface area (Å²) in [5.74, 6) is 1.24. The monoisotopic (exact) mass is 347 g/mol. The lowest BCUT2D eigenvalue weighted by molar-refractivity contribution is -0.129. The molecule has 2 N–H and O–H groups in total. The van der Waals surface area contributed by atoms with Crippen LogP contribution in [-0.2, 0) is 9.59 Å². The van der Waals surface area contributed by atoms with Gasteiger partial charge in [-0.25, -0.2) is 0 Å². The summed E-state index contributed by atoms with van der Waals surface area (Å²) >= 11 is 0. The van der Waals surface area contributed by atoms with Crippen LogP contribution >= 0.6 is 0 Å². The molecule has 3 rings (SSSR count). The highest BCUT2D eigenvalue weighted by atomic mass is 16.6. The average molecular weight is 347 g/mol. The van der Waals surface area contributed by atoms with Crippen LogP contribution in [0.15, 0.2) is 24.3 Å². The van der Waals surface area contributed by atoms with Gasteiger partial charge in [0.2, 0.25) is 11.8 Å². The van der Waals surface area contributed by atoms with Gasteiger partial charge in [0, 0.05) is 13.1 Å². The molecule has 2 atom stereocenters. The molecule has 2 amide bonds. The van der Waals surface area contributed by atoms with E-state index in [-0.39, 0.29) is 24.5 Å². The molecule has 2 aliphatic heterocycles. The molecule has 0 aliphatic carbocycles. The molecule has 1 fully saturated rings. The zero-order valence-electron chi connectivity index (χ0n) is 14.5. The quantitative estimate of drug-likeness (QED) is 0.813. The third-order valence-electron chi connectivity index (χ3n) is 4.37. The second kappa shape index (κ2) is 8.20. The smallest absolute Gasteiger partial charge is 0.242 e. The van der Waals surface area contributed by atoms with Crippen molar-refractivity contribution in [2.24, 2.45) is 0 Å². The van der Waals surface area contributed by atoms with E-state index in [0.29, 0.717) is 26.1 Å². The Morgan fingerprint density at radius 3 is 2.96 bits per heavy atom. The van der Waals surface area contributed by atoms with Gasteiger partial charge >= 0.3 is 0 Å². The van der Waals surface area contributed by atoms with Crippen LogP contribution in [0.1, 0.15) is 19.3 Å². The van der Waals surface area contributed by atoms with E-state index in [1.165, 1.54) is 0 Å². The predicted octanol–water partition coefficient (Wildman–Crippen LogP) is 0.543. The number of fused-ring (bicyclic) bond motifs is 1. The summed E-state index contributed by atoms with van der Waals surface area (Å²) in [6, 6.07) is 7.13. The van der Waals surface area contributed by atoms with Gasteiger partial charge in [-0.05, 0) is 38.4 Å². The summed E-state index contributed by atoms with van der Waals surface area (Å²) in [7, 11) is 1.86. The fraction of sp³-hybridized carbons (Fsp3) is 0.556. The topological polar surface area (TPSA) is 79.9 Å². The Morgan fingerprint density at radius 2 is 2.12 bits per heavy atom. The number of rotatable bonds is 5. The number of nitrogens with one attached hydrogen (secondary N) is 2. The van der Waals surface area contributed by atoms with Crippen LogP contribution in [0.4, 0.5) is 0 Å². The Bertz CT molecular complexity index is 622. The van der Waals surface area contributed by atoms with Crippen molar-refractivity contribution < 1.29 is 19.1 Å². The molecule has 1 saturated heterocycles. The van der Waals surface area contributed by atoms with Crippen molar-refractivity contribution >= 4 is 11.8 Å². The van der Waals surface area contributed by atoms with Gasteiger partial charge in [0.05, 0.1) is 6.54 Å². The molecule has 0 bridgehead atoms. The first-order valence-corrected chi connectivity index (χ1v) is 8.76. The van der Waals surface area contributed by atoms with Crippen molar-refractivity contribution in [2.75, 3.05) is 33.3 Å². The molecule has 7 heteroatoms. The summed E-state index contributed by atoms with van der Waals surface area (Å²) in [5, 5.41) is 5.65. The van der Waals surface area contributed by atoms with Crippen LogP contribution in [0.25, 0.3) is 0 Å². The largest absolute Gasteiger partial charge is 0.486 e. The van der Waals surface area contributed by atoms with Gasteiger partial charge in [-0.15, -0.1) is 0 Å². The minimum atomic E-state index is -0.426. The molecule has 136 valence electrons. The lowest BCUT2D eigenvalue weighted by Crippen LogP contribution is -2.49. The standard InChI is InChI=1S/C18H25N3O4/c1-21(10-13-12-24-15-7-2-3-8-16(15)25-13)11-17(22)20-14-6-4-5-9-19-18(14)23/h2-3,7-8,13-14H,4-6,9-12H2,1H3,(H,19,23)(H,20,22)/t13-,14-/m1/s1. The van der Waals surface area contributed by atoms with Gasteiger partial charge in [0.1, 0.15) is 18.8 Å². The van der Waals surface area contributed by atoms with Crippen molar-refractivity contribution in [3.05, 3.63) is 24.3 Å². The maximum absolute atomic E-state index is 12.2. The van der Waals surface area contributed by atoms with E-state index in [2.05, 4.69) is 10.6 Å². The van der Waals surface area contributed by atoms with Crippen LogP contribution < -0.4 is 20.1 Å². The maximum Gasteiger partial charge on any atom is 0.242 e. The Labute approximate surface area is 147 Å². The van der Waals surface area contributed by atoms with Crippen LogP contribution in [0.3, 0.4) is 0 Å². The first kappa shape index (κ1) is 17.5. The van der Waals surface area contributed by atoms with E-state index in [1.54, 1.807) is 0 Å². The molecule has 1 aromatic rings. The van der Waals surface area contributed by atoms with Gasteiger partial charge in [0.25, 0.3) is 0 Å². The van der Waals surface area contributed by atoms with E-state index in [9.17, 15) is 9.59 Å². The maximum atomic E-state index is 12.2. The molecular weight excluding hydrogens is 322 g/mol. The number of para-hydroxylation sites is 2. The average Bonchev–Trinajstić information content (AvgIpc) is 2.79. The third-order valence-corrected chi connectivity index (χ3v) is 4.37. The van der Waals surface area contributed by atoms with Gasteiger partial charge in [-0.2, -0.15) is 0 Å². The van der Waals surface area contributed by atoms with Crippen LogP contribution in [0.2, 0.25) is 0 Å². The van der Waals surface area contributed by atoms with Crippen LogP contribution in [0.5, 0.6) is 11.5 Å². The van der Waals surface area contributed by atoms with E-state index in [1.807, 2.05) is 36.2 Å². The summed E-state index contributed by atoms with van der Waals surface area (Å²) in [6.45, 7) is 1.92. The van der Waals surface area contributed by atoms with Crippen LogP contribution in [0, 0.1) is 0 Å². The molecule has 0 unspecified atom stereocenters. The van der Waals surface area contributed by atoms with Gasteiger partial charge in [-0.3, -0.25) is 14.5 Å². The molecule has 7 nitrogen and oxygen atoms in total. The van der Waals surface area contributed by atoms with Crippen LogP contribution in [-0.4, -0.2) is 62.1 Å². The number of hydrogen-bond acceptors (Lipinski definition) is 5. The molecule has 2 heterocycles. The van der Waals surface area contributed by atoms with Gasteiger partial charge < -0.3 is 20.1 Å². The third kappa shape index (κ3) is 4.85. The number of carbonyl (C=O) groups is 2. The molecule has 0 saturated carbocycles. The van der Waals surface area contributed by atoms with Crippen molar-refractivity contribution in [1.29, 1.82) is 0 Å². The molecule has 0 radical (unpaired) electrons. The van der Waals surface area contributed by atoms with E-state index < -0.39 is 6.04 Å². The van der Waals surface area contributed by atoms with E-state index >= 15 is 0 Å². The minimum Gasteiger partial charge on any atom is -0.486 e. The molecular formula is C18H25N3O4. The first-order valence-electron chi connectivity index (χ1n) is 8.76. The highest BCUT2D eigenvalue weighted by Gasteiger charge is 2.25. The first-order chi connectivity index (χ1) is 12.1. The number of carbonyl (C=O) groups excluding carboxylic acids is 2. The highest BCUT2D eigenvalue weighted by Crippen LogP contribution is 2.30. The lowest BCUT2D eigenvalue weighted by atomic mass is 10.1. The summed E-state index contributed by atoms with van der Waals surface area (Å²) in [4.78, 5) is 26.0. The molecule has 1 aromatic carbocycles. The Kier molecular flexibility index (Phi) is 5.75. The Morgan fingerprint density at radius 1 is 1.32 bits per heavy atom. The number of hydrogen-bond donors (Lipinski definition) is 2.